The smallest absolute Gasteiger partial charge is 0.244 e. The average molecular weight is 535 g/mol. The van der Waals surface area contributed by atoms with Crippen molar-refractivity contribution >= 4 is 39.4 Å². The number of ether oxygens (including phenoxy) is 2. The van der Waals surface area contributed by atoms with E-state index in [0.29, 0.717) is 17.6 Å². The van der Waals surface area contributed by atoms with Crippen LogP contribution in [0.3, 0.4) is 0 Å². The topological polar surface area (TPSA) is 66.9 Å². The van der Waals surface area contributed by atoms with Crippen LogP contribution in [0.15, 0.2) is 48.5 Å². The molecule has 8 heteroatoms. The molecule has 2 atom stereocenters. The van der Waals surface area contributed by atoms with E-state index in [4.69, 9.17) is 13.8 Å². The molecule has 3 aromatic rings. The van der Waals surface area contributed by atoms with Crippen molar-refractivity contribution in [2.24, 2.45) is 11.8 Å². The third kappa shape index (κ3) is 6.30. The molecule has 2 fully saturated rings. The van der Waals surface area contributed by atoms with E-state index in [1.54, 1.807) is 37.9 Å². The summed E-state index contributed by atoms with van der Waals surface area (Å²) in [5.41, 5.74) is 0.851. The first kappa shape index (κ1) is 26.5. The zero-order valence-electron chi connectivity index (χ0n) is 22.4. The minimum absolute atomic E-state index is 0.0590. The van der Waals surface area contributed by atoms with E-state index in [1.165, 1.54) is 35.8 Å². The van der Waals surface area contributed by atoms with Crippen LogP contribution < -0.4 is 19.7 Å². The Morgan fingerprint density at radius 3 is 2.63 bits per heavy atom. The Morgan fingerprint density at radius 2 is 1.84 bits per heavy atom. The van der Waals surface area contributed by atoms with E-state index in [0.717, 1.165) is 56.4 Å². The Hall–Kier alpha value is -3.10. The van der Waals surface area contributed by atoms with Crippen molar-refractivity contribution in [3.63, 3.8) is 0 Å². The molecule has 1 aliphatic carbocycles. The zero-order valence-corrected chi connectivity index (χ0v) is 23.2. The van der Waals surface area contributed by atoms with Crippen molar-refractivity contribution in [2.75, 3.05) is 58.4 Å². The lowest BCUT2D eigenvalue weighted by Crippen LogP contribution is -2.49. The number of carbonyl (C=O) groups excluding carboxylic acids is 1. The Labute approximate surface area is 229 Å². The summed E-state index contributed by atoms with van der Waals surface area (Å²) in [6, 6.07) is 14.1. The number of nitrogens with zero attached hydrogens (tertiary/aromatic N) is 3. The maximum Gasteiger partial charge on any atom is 0.244 e. The predicted octanol–water partition coefficient (Wildman–Crippen LogP) is 5.07. The molecule has 1 N–H and O–H groups in total. The molecule has 2 aromatic carbocycles. The number of carbonyl (C=O) groups is 1. The van der Waals surface area contributed by atoms with Gasteiger partial charge in [0.1, 0.15) is 17.3 Å². The maximum atomic E-state index is 12.6. The zero-order chi connectivity index (χ0) is 26.3. The molecule has 5 rings (SSSR count). The number of piperazine rings is 1. The van der Waals surface area contributed by atoms with Crippen LogP contribution in [0, 0.1) is 11.8 Å². The molecule has 7 nitrogen and oxygen atoms in total. The normalized spacial score (nSPS) is 20.6. The summed E-state index contributed by atoms with van der Waals surface area (Å²) >= 11 is 1.59. The average Bonchev–Trinajstić information content (AvgIpc) is 3.40. The summed E-state index contributed by atoms with van der Waals surface area (Å²) in [6.45, 7) is 6.01. The fourth-order valence-electron chi connectivity index (χ4n) is 5.78. The fraction of sp³-hybridized carbons (Fsp3) is 0.467. The van der Waals surface area contributed by atoms with Crippen molar-refractivity contribution in [1.29, 1.82) is 0 Å². The molecule has 38 heavy (non-hydrogen) atoms. The SMILES string of the molecule is COc1ccc(/C=C/C(=O)NC[C@H]2CCCC[C@@H]2CN2CCN(c3nsc4ccccc34)CC2)c(OC)c1. The van der Waals surface area contributed by atoms with Gasteiger partial charge in [-0.15, -0.1) is 0 Å². The second-order valence-corrected chi connectivity index (χ2v) is 11.1. The highest BCUT2D eigenvalue weighted by atomic mass is 32.1. The summed E-state index contributed by atoms with van der Waals surface area (Å²) in [5, 5.41) is 4.44. The van der Waals surface area contributed by atoms with E-state index < -0.39 is 0 Å². The van der Waals surface area contributed by atoms with E-state index in [-0.39, 0.29) is 5.91 Å². The molecule has 1 aromatic heterocycles. The van der Waals surface area contributed by atoms with Crippen LogP contribution in [-0.4, -0.2) is 68.7 Å². The van der Waals surface area contributed by atoms with Gasteiger partial charge in [-0.1, -0.05) is 25.0 Å². The van der Waals surface area contributed by atoms with Crippen LogP contribution in [0.5, 0.6) is 11.5 Å². The van der Waals surface area contributed by atoms with Gasteiger partial charge in [0.2, 0.25) is 5.91 Å². The maximum absolute atomic E-state index is 12.6. The first-order valence-corrected chi connectivity index (χ1v) is 14.4. The van der Waals surface area contributed by atoms with E-state index in [1.807, 2.05) is 18.2 Å². The standard InChI is InChI=1S/C30H38N4O3S/c1-36-25-13-11-22(27(19-25)37-2)12-14-29(35)31-20-23-7-3-4-8-24(23)21-33-15-17-34(18-16-33)30-26-9-5-6-10-28(26)38-32-30/h5-6,9-14,19,23-24H,3-4,7-8,15-18,20-21H2,1-2H3,(H,31,35)/b14-12+/t23-,24-/m1/s1. The molecular weight excluding hydrogens is 496 g/mol. The van der Waals surface area contributed by atoms with Crippen molar-refractivity contribution in [3.05, 3.63) is 54.1 Å². The number of hydrogen-bond acceptors (Lipinski definition) is 7. The number of hydrogen-bond donors (Lipinski definition) is 1. The van der Waals surface area contributed by atoms with Gasteiger partial charge >= 0.3 is 0 Å². The van der Waals surface area contributed by atoms with E-state index in [9.17, 15) is 4.79 Å². The van der Waals surface area contributed by atoms with Gasteiger partial charge in [-0.3, -0.25) is 9.69 Å². The molecule has 2 heterocycles. The van der Waals surface area contributed by atoms with Crippen molar-refractivity contribution in [1.82, 2.24) is 14.6 Å². The van der Waals surface area contributed by atoms with Gasteiger partial charge in [0, 0.05) is 62.4 Å². The second kappa shape index (κ2) is 12.6. The van der Waals surface area contributed by atoms with Crippen molar-refractivity contribution < 1.29 is 14.3 Å². The highest BCUT2D eigenvalue weighted by Crippen LogP contribution is 2.32. The van der Waals surface area contributed by atoms with Gasteiger partial charge < -0.3 is 19.7 Å². The molecule has 0 bridgehead atoms. The van der Waals surface area contributed by atoms with Crippen LogP contribution in [0.2, 0.25) is 0 Å². The molecule has 2 aliphatic rings. The molecule has 202 valence electrons. The molecule has 0 unspecified atom stereocenters. The van der Waals surface area contributed by atoms with Gasteiger partial charge in [-0.05, 0) is 66.6 Å². The molecule has 0 spiro atoms. The van der Waals surface area contributed by atoms with Crippen LogP contribution in [-0.2, 0) is 4.79 Å². The van der Waals surface area contributed by atoms with Crippen LogP contribution in [0.25, 0.3) is 16.2 Å². The number of benzene rings is 2. The quantitative estimate of drug-likeness (QED) is 0.387. The second-order valence-electron chi connectivity index (χ2n) is 10.3. The largest absolute Gasteiger partial charge is 0.497 e. The fourth-order valence-corrected chi connectivity index (χ4v) is 6.58. The predicted molar refractivity (Wildman–Crippen MR) is 155 cm³/mol. The molecule has 1 amide bonds. The monoisotopic (exact) mass is 534 g/mol. The third-order valence-corrected chi connectivity index (χ3v) is 8.80. The number of aromatic nitrogens is 1. The van der Waals surface area contributed by atoms with E-state index >= 15 is 0 Å². The number of methoxy groups -OCH3 is 2. The molecule has 1 saturated heterocycles. The van der Waals surface area contributed by atoms with Crippen molar-refractivity contribution in [3.8, 4) is 11.5 Å². The molecular formula is C30H38N4O3S. The summed E-state index contributed by atoms with van der Waals surface area (Å²) in [4.78, 5) is 17.7. The van der Waals surface area contributed by atoms with Gasteiger partial charge in [0.05, 0.1) is 18.9 Å². The minimum atomic E-state index is -0.0590. The summed E-state index contributed by atoms with van der Waals surface area (Å²) in [5.74, 6) is 3.65. The van der Waals surface area contributed by atoms with Gasteiger partial charge in [0.15, 0.2) is 0 Å². The van der Waals surface area contributed by atoms with Crippen LogP contribution in [0.1, 0.15) is 31.2 Å². The number of anilines is 1. The van der Waals surface area contributed by atoms with Gasteiger partial charge in [-0.25, -0.2) is 0 Å². The van der Waals surface area contributed by atoms with Gasteiger partial charge in [0.25, 0.3) is 0 Å². The Kier molecular flexibility index (Phi) is 8.81. The summed E-state index contributed by atoms with van der Waals surface area (Å²) < 4.78 is 16.7. The van der Waals surface area contributed by atoms with Crippen LogP contribution in [0.4, 0.5) is 5.82 Å². The summed E-state index contributed by atoms with van der Waals surface area (Å²) in [6.07, 6.45) is 8.38. The Balaban J connectivity index is 1.11. The summed E-state index contributed by atoms with van der Waals surface area (Å²) in [7, 11) is 3.25. The van der Waals surface area contributed by atoms with Crippen molar-refractivity contribution in [2.45, 2.75) is 25.7 Å². The number of nitrogens with one attached hydrogen (secondary N) is 1. The molecule has 1 aliphatic heterocycles. The lowest BCUT2D eigenvalue weighted by atomic mass is 9.78. The number of amides is 1. The highest BCUT2D eigenvalue weighted by Gasteiger charge is 2.29. The third-order valence-electron chi connectivity index (χ3n) is 7.98. The van der Waals surface area contributed by atoms with Gasteiger partial charge in [-0.2, -0.15) is 4.37 Å². The Bertz CT molecular complexity index is 1250. The number of fused-ring (bicyclic) bond motifs is 1. The lowest BCUT2D eigenvalue weighted by Gasteiger charge is -2.40. The molecule has 0 radical (unpaired) electrons. The van der Waals surface area contributed by atoms with E-state index in [2.05, 4.69) is 39.4 Å². The number of rotatable bonds is 9. The first-order chi connectivity index (χ1) is 18.6. The lowest BCUT2D eigenvalue weighted by molar-refractivity contribution is -0.116. The molecule has 1 saturated carbocycles. The minimum Gasteiger partial charge on any atom is -0.497 e. The Morgan fingerprint density at radius 1 is 1.05 bits per heavy atom. The first-order valence-electron chi connectivity index (χ1n) is 13.6. The highest BCUT2D eigenvalue weighted by molar-refractivity contribution is 7.13. The van der Waals surface area contributed by atoms with Crippen LogP contribution >= 0.6 is 11.5 Å².